The number of nitrogens with one attached hydrogen (secondary N) is 1. The van der Waals surface area contributed by atoms with E-state index in [4.69, 9.17) is 14.2 Å². The van der Waals surface area contributed by atoms with E-state index in [1.807, 2.05) is 31.2 Å². The molecule has 0 saturated heterocycles. The highest BCUT2D eigenvalue weighted by molar-refractivity contribution is 5.39. The molecule has 102 valence electrons. The molecular formula is C14H23NO3. The first-order chi connectivity index (χ1) is 8.81. The third-order valence-electron chi connectivity index (χ3n) is 2.42. The smallest absolute Gasteiger partial charge is 0.161 e. The van der Waals surface area contributed by atoms with Gasteiger partial charge in [-0.15, -0.1) is 0 Å². The van der Waals surface area contributed by atoms with Crippen LogP contribution in [0.2, 0.25) is 0 Å². The molecule has 0 spiro atoms. The summed E-state index contributed by atoms with van der Waals surface area (Å²) < 4.78 is 16.6. The van der Waals surface area contributed by atoms with Crippen molar-refractivity contribution in [2.45, 2.75) is 20.0 Å². The van der Waals surface area contributed by atoms with Gasteiger partial charge < -0.3 is 19.5 Å². The number of benzene rings is 1. The Bertz CT molecular complexity index is 331. The maximum Gasteiger partial charge on any atom is 0.161 e. The van der Waals surface area contributed by atoms with E-state index in [9.17, 15) is 0 Å². The van der Waals surface area contributed by atoms with E-state index in [1.54, 1.807) is 7.11 Å². The number of hydrogen-bond acceptors (Lipinski definition) is 4. The molecule has 0 radical (unpaired) electrons. The lowest BCUT2D eigenvalue weighted by Gasteiger charge is -2.20. The van der Waals surface area contributed by atoms with Gasteiger partial charge in [0.1, 0.15) is 6.10 Å². The summed E-state index contributed by atoms with van der Waals surface area (Å²) in [6.45, 7) is 6.87. The Morgan fingerprint density at radius 1 is 1.17 bits per heavy atom. The molecule has 0 saturated carbocycles. The standard InChI is InChI=1S/C14H23NO3/c1-4-15-10-12(11-16-3)18-14-9-7-6-8-13(14)17-5-2/h6-9,12,15H,4-5,10-11H2,1-3H3. The summed E-state index contributed by atoms with van der Waals surface area (Å²) in [6, 6.07) is 7.71. The quantitative estimate of drug-likeness (QED) is 0.731. The number of para-hydroxylation sites is 2. The van der Waals surface area contributed by atoms with Crippen LogP contribution in [0.4, 0.5) is 0 Å². The molecular weight excluding hydrogens is 230 g/mol. The molecule has 0 aliphatic heterocycles. The topological polar surface area (TPSA) is 39.7 Å². The lowest BCUT2D eigenvalue weighted by atomic mass is 10.3. The molecule has 1 aromatic rings. The average Bonchev–Trinajstić information content (AvgIpc) is 2.39. The maximum atomic E-state index is 5.93. The number of rotatable bonds is 9. The average molecular weight is 253 g/mol. The fourth-order valence-electron chi connectivity index (χ4n) is 1.63. The lowest BCUT2D eigenvalue weighted by Crippen LogP contribution is -2.34. The Morgan fingerprint density at radius 3 is 2.50 bits per heavy atom. The SMILES string of the molecule is CCNCC(COC)Oc1ccccc1OCC. The highest BCUT2D eigenvalue weighted by Crippen LogP contribution is 2.27. The molecule has 1 unspecified atom stereocenters. The molecule has 18 heavy (non-hydrogen) atoms. The second kappa shape index (κ2) is 8.78. The summed E-state index contributed by atoms with van der Waals surface area (Å²) in [7, 11) is 1.68. The lowest BCUT2D eigenvalue weighted by molar-refractivity contribution is 0.0785. The monoisotopic (exact) mass is 253 g/mol. The number of methoxy groups -OCH3 is 1. The number of ether oxygens (including phenoxy) is 3. The van der Waals surface area contributed by atoms with Gasteiger partial charge in [-0.25, -0.2) is 0 Å². The summed E-state index contributed by atoms with van der Waals surface area (Å²) in [5.41, 5.74) is 0. The van der Waals surface area contributed by atoms with Crippen molar-refractivity contribution in [3.8, 4) is 11.5 Å². The fraction of sp³-hybridized carbons (Fsp3) is 0.571. The third kappa shape index (κ3) is 4.94. The Morgan fingerprint density at radius 2 is 1.89 bits per heavy atom. The van der Waals surface area contributed by atoms with Gasteiger partial charge in [-0.2, -0.15) is 0 Å². The molecule has 1 rings (SSSR count). The van der Waals surface area contributed by atoms with Gasteiger partial charge >= 0.3 is 0 Å². The third-order valence-corrected chi connectivity index (χ3v) is 2.42. The van der Waals surface area contributed by atoms with Gasteiger partial charge in [-0.3, -0.25) is 0 Å². The van der Waals surface area contributed by atoms with Crippen LogP contribution in [-0.2, 0) is 4.74 Å². The van der Waals surface area contributed by atoms with E-state index in [-0.39, 0.29) is 6.10 Å². The fourth-order valence-corrected chi connectivity index (χ4v) is 1.63. The predicted octanol–water partition coefficient (Wildman–Crippen LogP) is 2.09. The molecule has 0 aliphatic rings. The predicted molar refractivity (Wildman–Crippen MR) is 72.4 cm³/mol. The van der Waals surface area contributed by atoms with E-state index in [0.717, 1.165) is 24.6 Å². The van der Waals surface area contributed by atoms with Crippen LogP contribution in [0.3, 0.4) is 0 Å². The Labute approximate surface area is 109 Å². The van der Waals surface area contributed by atoms with Gasteiger partial charge in [0.15, 0.2) is 11.5 Å². The van der Waals surface area contributed by atoms with Crippen molar-refractivity contribution in [3.05, 3.63) is 24.3 Å². The van der Waals surface area contributed by atoms with Gasteiger partial charge in [-0.1, -0.05) is 19.1 Å². The number of hydrogen-bond donors (Lipinski definition) is 1. The summed E-state index contributed by atoms with van der Waals surface area (Å²) in [4.78, 5) is 0. The highest BCUT2D eigenvalue weighted by atomic mass is 16.5. The maximum absolute atomic E-state index is 5.93. The van der Waals surface area contributed by atoms with Crippen molar-refractivity contribution < 1.29 is 14.2 Å². The van der Waals surface area contributed by atoms with Crippen LogP contribution in [0.1, 0.15) is 13.8 Å². The Balaban J connectivity index is 2.66. The van der Waals surface area contributed by atoms with Crippen LogP contribution in [0.15, 0.2) is 24.3 Å². The molecule has 0 fully saturated rings. The van der Waals surface area contributed by atoms with E-state index >= 15 is 0 Å². The van der Waals surface area contributed by atoms with Gasteiger partial charge in [0.2, 0.25) is 0 Å². The van der Waals surface area contributed by atoms with Crippen molar-refractivity contribution in [2.75, 3.05) is 33.4 Å². The zero-order chi connectivity index (χ0) is 13.2. The molecule has 0 aliphatic carbocycles. The van der Waals surface area contributed by atoms with Gasteiger partial charge in [0, 0.05) is 13.7 Å². The van der Waals surface area contributed by atoms with Crippen LogP contribution >= 0.6 is 0 Å². The van der Waals surface area contributed by atoms with Gasteiger partial charge in [0.05, 0.1) is 13.2 Å². The largest absolute Gasteiger partial charge is 0.490 e. The second-order valence-corrected chi connectivity index (χ2v) is 3.88. The zero-order valence-electron chi connectivity index (χ0n) is 11.4. The Kier molecular flexibility index (Phi) is 7.22. The zero-order valence-corrected chi connectivity index (χ0v) is 11.4. The summed E-state index contributed by atoms with van der Waals surface area (Å²) in [6.07, 6.45) is -0.0171. The summed E-state index contributed by atoms with van der Waals surface area (Å²) >= 11 is 0. The van der Waals surface area contributed by atoms with Crippen LogP contribution in [0, 0.1) is 0 Å². The second-order valence-electron chi connectivity index (χ2n) is 3.88. The van der Waals surface area contributed by atoms with Crippen molar-refractivity contribution in [2.24, 2.45) is 0 Å². The van der Waals surface area contributed by atoms with Gasteiger partial charge in [0.25, 0.3) is 0 Å². The molecule has 4 nitrogen and oxygen atoms in total. The highest BCUT2D eigenvalue weighted by Gasteiger charge is 2.12. The van der Waals surface area contributed by atoms with Crippen molar-refractivity contribution in [3.63, 3.8) is 0 Å². The minimum Gasteiger partial charge on any atom is -0.490 e. The number of likely N-dealkylation sites (N-methyl/N-ethyl adjacent to an activating group) is 1. The van der Waals surface area contributed by atoms with Crippen LogP contribution < -0.4 is 14.8 Å². The molecule has 1 atom stereocenters. The minimum absolute atomic E-state index is 0.0171. The molecule has 1 N–H and O–H groups in total. The van der Waals surface area contributed by atoms with Crippen LogP contribution in [0.25, 0.3) is 0 Å². The molecule has 0 aromatic heterocycles. The van der Waals surface area contributed by atoms with Crippen LogP contribution in [0.5, 0.6) is 11.5 Å². The first-order valence-electron chi connectivity index (χ1n) is 6.39. The van der Waals surface area contributed by atoms with Crippen LogP contribution in [-0.4, -0.2) is 39.5 Å². The van der Waals surface area contributed by atoms with Gasteiger partial charge in [-0.05, 0) is 25.6 Å². The van der Waals surface area contributed by atoms with E-state index < -0.39 is 0 Å². The summed E-state index contributed by atoms with van der Waals surface area (Å²) in [5, 5.41) is 3.26. The molecule has 1 aromatic carbocycles. The minimum atomic E-state index is -0.0171. The summed E-state index contributed by atoms with van der Waals surface area (Å²) in [5.74, 6) is 1.54. The van der Waals surface area contributed by atoms with Crippen molar-refractivity contribution in [1.82, 2.24) is 5.32 Å². The first kappa shape index (κ1) is 14.8. The van der Waals surface area contributed by atoms with Crippen molar-refractivity contribution in [1.29, 1.82) is 0 Å². The molecule has 0 bridgehead atoms. The molecule has 0 heterocycles. The normalized spacial score (nSPS) is 12.2. The molecule has 0 amide bonds. The van der Waals surface area contributed by atoms with Crippen molar-refractivity contribution >= 4 is 0 Å². The van der Waals surface area contributed by atoms with E-state index in [0.29, 0.717) is 13.2 Å². The Hall–Kier alpha value is -1.26. The van der Waals surface area contributed by atoms with E-state index in [2.05, 4.69) is 12.2 Å². The van der Waals surface area contributed by atoms with E-state index in [1.165, 1.54) is 0 Å². The molecule has 4 heteroatoms. The first-order valence-corrected chi connectivity index (χ1v) is 6.39.